The Morgan fingerprint density at radius 1 is 1.19 bits per heavy atom. The molecule has 1 saturated heterocycles. The quantitative estimate of drug-likeness (QED) is 0.786. The standard InChI is InChI=1S/C19H21FN2O4S/c1-26-17-9-8-16(22-12-2-3-19(22)23)13-18(17)27(24,25)21-11-10-14-4-6-15(20)7-5-14/h4-9,13,21H,2-3,10-12H2,1H3. The van der Waals surface area contributed by atoms with Crippen LogP contribution in [0.3, 0.4) is 0 Å². The fourth-order valence-corrected chi connectivity index (χ4v) is 4.24. The molecule has 27 heavy (non-hydrogen) atoms. The normalized spacial score (nSPS) is 14.6. The van der Waals surface area contributed by atoms with E-state index in [-0.39, 0.29) is 28.9 Å². The Balaban J connectivity index is 1.77. The first-order chi connectivity index (χ1) is 12.9. The van der Waals surface area contributed by atoms with Gasteiger partial charge >= 0.3 is 0 Å². The summed E-state index contributed by atoms with van der Waals surface area (Å²) in [6.45, 7) is 0.729. The molecule has 8 heteroatoms. The lowest BCUT2D eigenvalue weighted by Crippen LogP contribution is -2.28. The Labute approximate surface area is 158 Å². The average molecular weight is 392 g/mol. The third-order valence-electron chi connectivity index (χ3n) is 4.44. The number of benzene rings is 2. The summed E-state index contributed by atoms with van der Waals surface area (Å²) < 4.78 is 46.2. The van der Waals surface area contributed by atoms with E-state index in [4.69, 9.17) is 4.74 Å². The molecule has 1 aliphatic heterocycles. The molecule has 3 rings (SSSR count). The average Bonchev–Trinajstić information content (AvgIpc) is 3.08. The van der Waals surface area contributed by atoms with E-state index >= 15 is 0 Å². The van der Waals surface area contributed by atoms with E-state index in [2.05, 4.69) is 4.72 Å². The Hall–Kier alpha value is -2.45. The van der Waals surface area contributed by atoms with Gasteiger partial charge in [0.1, 0.15) is 16.5 Å². The van der Waals surface area contributed by atoms with E-state index in [1.807, 2.05) is 0 Å². The van der Waals surface area contributed by atoms with Crippen LogP contribution >= 0.6 is 0 Å². The molecule has 0 atom stereocenters. The number of nitrogens with zero attached hydrogens (tertiary/aromatic N) is 1. The Kier molecular flexibility index (Phi) is 5.76. The third-order valence-corrected chi connectivity index (χ3v) is 5.92. The molecule has 0 spiro atoms. The molecule has 1 heterocycles. The molecule has 1 fully saturated rings. The maximum Gasteiger partial charge on any atom is 0.244 e. The zero-order chi connectivity index (χ0) is 19.4. The van der Waals surface area contributed by atoms with Crippen molar-refractivity contribution in [3.8, 4) is 5.75 Å². The number of nitrogens with one attached hydrogen (secondary N) is 1. The van der Waals surface area contributed by atoms with Crippen LogP contribution in [0.15, 0.2) is 47.4 Å². The van der Waals surface area contributed by atoms with Crippen molar-refractivity contribution >= 4 is 21.6 Å². The Bertz CT molecular complexity index is 929. The molecule has 144 valence electrons. The van der Waals surface area contributed by atoms with Crippen molar-refractivity contribution in [2.24, 2.45) is 0 Å². The fraction of sp³-hybridized carbons (Fsp3) is 0.316. The molecule has 1 N–H and O–H groups in total. The van der Waals surface area contributed by atoms with Gasteiger partial charge in [-0.1, -0.05) is 12.1 Å². The lowest BCUT2D eigenvalue weighted by molar-refractivity contribution is -0.117. The predicted octanol–water partition coefficient (Wildman–Crippen LogP) is 2.48. The summed E-state index contributed by atoms with van der Waals surface area (Å²) in [4.78, 5) is 13.5. The van der Waals surface area contributed by atoms with Gasteiger partial charge in [0.15, 0.2) is 0 Å². The molecule has 1 amide bonds. The predicted molar refractivity (Wildman–Crippen MR) is 99.9 cm³/mol. The van der Waals surface area contributed by atoms with Gasteiger partial charge in [-0.15, -0.1) is 0 Å². The number of sulfonamides is 1. The van der Waals surface area contributed by atoms with E-state index in [0.717, 1.165) is 12.0 Å². The highest BCUT2D eigenvalue weighted by Gasteiger charge is 2.25. The highest BCUT2D eigenvalue weighted by molar-refractivity contribution is 7.89. The summed E-state index contributed by atoms with van der Waals surface area (Å²) in [5.74, 6) is -0.148. The largest absolute Gasteiger partial charge is 0.495 e. The Morgan fingerprint density at radius 3 is 2.56 bits per heavy atom. The summed E-state index contributed by atoms with van der Waals surface area (Å²) in [5, 5.41) is 0. The second-order valence-electron chi connectivity index (χ2n) is 6.26. The minimum Gasteiger partial charge on any atom is -0.495 e. The van der Waals surface area contributed by atoms with Gasteiger partial charge in [-0.25, -0.2) is 17.5 Å². The van der Waals surface area contributed by atoms with Crippen molar-refractivity contribution in [3.05, 3.63) is 53.8 Å². The molecule has 0 saturated carbocycles. The van der Waals surface area contributed by atoms with Crippen LogP contribution < -0.4 is 14.4 Å². The van der Waals surface area contributed by atoms with Crippen molar-refractivity contribution in [2.75, 3.05) is 25.1 Å². The molecule has 0 radical (unpaired) electrons. The second-order valence-corrected chi connectivity index (χ2v) is 7.99. The van der Waals surface area contributed by atoms with Gasteiger partial charge in [0.25, 0.3) is 0 Å². The Morgan fingerprint density at radius 2 is 1.93 bits per heavy atom. The molecule has 2 aromatic carbocycles. The highest BCUT2D eigenvalue weighted by atomic mass is 32.2. The maximum absolute atomic E-state index is 12.9. The van der Waals surface area contributed by atoms with Crippen LogP contribution in [0.4, 0.5) is 10.1 Å². The molecule has 0 aliphatic carbocycles. The number of hydrogen-bond donors (Lipinski definition) is 1. The summed E-state index contributed by atoms with van der Waals surface area (Å²) in [6, 6.07) is 10.6. The number of amides is 1. The second kappa shape index (κ2) is 8.06. The maximum atomic E-state index is 12.9. The lowest BCUT2D eigenvalue weighted by atomic mass is 10.1. The van der Waals surface area contributed by atoms with Gasteiger partial charge in [-0.05, 0) is 48.7 Å². The van der Waals surface area contributed by atoms with Crippen LogP contribution in [0.2, 0.25) is 0 Å². The number of methoxy groups -OCH3 is 1. The summed E-state index contributed by atoms with van der Waals surface area (Å²) in [5.41, 5.74) is 1.36. The first kappa shape index (κ1) is 19.3. The zero-order valence-electron chi connectivity index (χ0n) is 14.9. The summed E-state index contributed by atoms with van der Waals surface area (Å²) in [7, 11) is -2.44. The van der Waals surface area contributed by atoms with Crippen LogP contribution in [-0.4, -0.2) is 34.5 Å². The molecule has 2 aromatic rings. The van der Waals surface area contributed by atoms with Crippen molar-refractivity contribution in [1.82, 2.24) is 4.72 Å². The van der Waals surface area contributed by atoms with Crippen LogP contribution in [0.25, 0.3) is 0 Å². The van der Waals surface area contributed by atoms with Gasteiger partial charge in [-0.2, -0.15) is 0 Å². The van der Waals surface area contributed by atoms with E-state index in [1.165, 1.54) is 25.3 Å². The van der Waals surface area contributed by atoms with Gasteiger partial charge in [0, 0.05) is 25.2 Å². The van der Waals surface area contributed by atoms with Gasteiger partial charge in [0.2, 0.25) is 15.9 Å². The summed E-state index contributed by atoms with van der Waals surface area (Å²) in [6.07, 6.45) is 1.64. The topological polar surface area (TPSA) is 75.7 Å². The monoisotopic (exact) mass is 392 g/mol. The number of carbonyl (C=O) groups excluding carboxylic acids is 1. The first-order valence-corrected chi connectivity index (χ1v) is 10.1. The van der Waals surface area contributed by atoms with Crippen LogP contribution in [-0.2, 0) is 21.2 Å². The number of hydrogen-bond acceptors (Lipinski definition) is 4. The van der Waals surface area contributed by atoms with E-state index in [9.17, 15) is 17.6 Å². The van der Waals surface area contributed by atoms with Crippen LogP contribution in [0.1, 0.15) is 18.4 Å². The van der Waals surface area contributed by atoms with E-state index in [1.54, 1.807) is 29.2 Å². The molecule has 0 bridgehead atoms. The van der Waals surface area contributed by atoms with Gasteiger partial charge in [0.05, 0.1) is 7.11 Å². The minimum atomic E-state index is -3.84. The molecule has 6 nitrogen and oxygen atoms in total. The van der Waals surface area contributed by atoms with Crippen LogP contribution in [0, 0.1) is 5.82 Å². The van der Waals surface area contributed by atoms with Gasteiger partial charge in [-0.3, -0.25) is 4.79 Å². The lowest BCUT2D eigenvalue weighted by Gasteiger charge is -2.18. The zero-order valence-corrected chi connectivity index (χ0v) is 15.8. The minimum absolute atomic E-state index is 0.0127. The van der Waals surface area contributed by atoms with Crippen LogP contribution in [0.5, 0.6) is 5.75 Å². The molecular formula is C19H21FN2O4S. The smallest absolute Gasteiger partial charge is 0.244 e. The number of rotatable bonds is 7. The third kappa shape index (κ3) is 4.45. The molecule has 0 unspecified atom stereocenters. The SMILES string of the molecule is COc1ccc(N2CCCC2=O)cc1S(=O)(=O)NCCc1ccc(F)cc1. The molecule has 1 aliphatic rings. The van der Waals surface area contributed by atoms with Crippen molar-refractivity contribution in [2.45, 2.75) is 24.2 Å². The van der Waals surface area contributed by atoms with Crippen molar-refractivity contribution < 1.29 is 22.3 Å². The number of carbonyl (C=O) groups is 1. The van der Waals surface area contributed by atoms with Crippen molar-refractivity contribution in [3.63, 3.8) is 0 Å². The van der Waals surface area contributed by atoms with Gasteiger partial charge < -0.3 is 9.64 Å². The summed E-state index contributed by atoms with van der Waals surface area (Å²) >= 11 is 0. The highest BCUT2D eigenvalue weighted by Crippen LogP contribution is 2.30. The van der Waals surface area contributed by atoms with E-state index in [0.29, 0.717) is 25.1 Å². The molecular weight excluding hydrogens is 371 g/mol. The first-order valence-electron chi connectivity index (χ1n) is 8.63. The van der Waals surface area contributed by atoms with E-state index < -0.39 is 10.0 Å². The molecule has 0 aromatic heterocycles. The number of anilines is 1. The van der Waals surface area contributed by atoms with Crippen molar-refractivity contribution in [1.29, 1.82) is 0 Å². The number of halogens is 1. The fourth-order valence-electron chi connectivity index (χ4n) is 3.02. The number of ether oxygens (including phenoxy) is 1.